The SMILES string of the molecule is CNCC[n+]1ccn(-c2c(C)cc(C)cc2C)c1.[Br-]. The minimum Gasteiger partial charge on any atom is -1.00 e. The van der Waals surface area contributed by atoms with Gasteiger partial charge in [-0.05, 0) is 38.9 Å². The predicted molar refractivity (Wildman–Crippen MR) is 74.1 cm³/mol. The fraction of sp³-hybridized carbons (Fsp3) is 0.400. The van der Waals surface area contributed by atoms with E-state index in [4.69, 9.17) is 0 Å². The fourth-order valence-electron chi connectivity index (χ4n) is 2.48. The molecule has 3 nitrogen and oxygen atoms in total. The third-order valence-corrected chi connectivity index (χ3v) is 3.21. The summed E-state index contributed by atoms with van der Waals surface area (Å²) < 4.78 is 4.41. The highest BCUT2D eigenvalue weighted by Gasteiger charge is 2.12. The van der Waals surface area contributed by atoms with Crippen LogP contribution in [-0.2, 0) is 6.54 Å². The molecule has 0 aliphatic carbocycles. The maximum atomic E-state index is 3.17. The molecule has 0 radical (unpaired) electrons. The molecule has 0 saturated heterocycles. The van der Waals surface area contributed by atoms with Crippen molar-refractivity contribution in [2.45, 2.75) is 27.3 Å². The molecule has 1 N–H and O–H groups in total. The first-order valence-corrected chi connectivity index (χ1v) is 6.41. The summed E-state index contributed by atoms with van der Waals surface area (Å²) in [6.45, 7) is 8.47. The van der Waals surface area contributed by atoms with Crippen LogP contribution in [0.3, 0.4) is 0 Å². The Bertz CT molecular complexity index is 523. The Labute approximate surface area is 126 Å². The van der Waals surface area contributed by atoms with Gasteiger partial charge in [-0.2, -0.15) is 0 Å². The topological polar surface area (TPSA) is 20.8 Å². The van der Waals surface area contributed by atoms with Crippen molar-refractivity contribution in [3.8, 4) is 5.69 Å². The molecule has 104 valence electrons. The summed E-state index contributed by atoms with van der Waals surface area (Å²) in [7, 11) is 1.98. The lowest BCUT2D eigenvalue weighted by Gasteiger charge is -2.07. The molecule has 1 aromatic carbocycles. The highest BCUT2D eigenvalue weighted by Crippen LogP contribution is 2.20. The number of aromatic nitrogens is 2. The van der Waals surface area contributed by atoms with Gasteiger partial charge in [0.05, 0.1) is 0 Å². The van der Waals surface area contributed by atoms with Crippen molar-refractivity contribution in [1.82, 2.24) is 9.88 Å². The van der Waals surface area contributed by atoms with Crippen LogP contribution in [-0.4, -0.2) is 18.2 Å². The molecular formula is C15H22BrN3. The summed E-state index contributed by atoms with van der Waals surface area (Å²) in [6, 6.07) is 4.47. The number of benzene rings is 1. The van der Waals surface area contributed by atoms with E-state index < -0.39 is 0 Å². The lowest BCUT2D eigenvalue weighted by atomic mass is 10.1. The van der Waals surface area contributed by atoms with Gasteiger partial charge in [0.2, 0.25) is 6.33 Å². The Morgan fingerprint density at radius 2 is 1.79 bits per heavy atom. The van der Waals surface area contributed by atoms with Crippen LogP contribution in [0.4, 0.5) is 0 Å². The van der Waals surface area contributed by atoms with E-state index in [1.165, 1.54) is 22.4 Å². The molecule has 4 heteroatoms. The summed E-state index contributed by atoms with van der Waals surface area (Å²) in [5.41, 5.74) is 5.26. The van der Waals surface area contributed by atoms with Gasteiger partial charge in [-0.25, -0.2) is 9.13 Å². The van der Waals surface area contributed by atoms with E-state index in [0.29, 0.717) is 0 Å². The molecule has 1 heterocycles. The highest BCUT2D eigenvalue weighted by molar-refractivity contribution is 5.48. The van der Waals surface area contributed by atoms with Crippen LogP contribution in [0.15, 0.2) is 30.9 Å². The zero-order valence-electron chi connectivity index (χ0n) is 12.1. The Balaban J connectivity index is 0.00000180. The van der Waals surface area contributed by atoms with Crippen molar-refractivity contribution in [3.63, 3.8) is 0 Å². The number of imidazole rings is 1. The first-order chi connectivity index (χ1) is 8.61. The largest absolute Gasteiger partial charge is 1.00 e. The van der Waals surface area contributed by atoms with Crippen LogP contribution in [0, 0.1) is 20.8 Å². The molecule has 2 aromatic rings. The predicted octanol–water partition coefficient (Wildman–Crippen LogP) is -1.09. The minimum absolute atomic E-state index is 0. The third kappa shape index (κ3) is 3.67. The first-order valence-electron chi connectivity index (χ1n) is 6.41. The Hall–Kier alpha value is -1.13. The van der Waals surface area contributed by atoms with Gasteiger partial charge in [0.1, 0.15) is 24.6 Å². The van der Waals surface area contributed by atoms with Gasteiger partial charge < -0.3 is 22.3 Å². The fourth-order valence-corrected chi connectivity index (χ4v) is 2.48. The molecule has 19 heavy (non-hydrogen) atoms. The summed E-state index contributed by atoms with van der Waals surface area (Å²) in [6.07, 6.45) is 6.40. The van der Waals surface area contributed by atoms with Gasteiger partial charge in [-0.15, -0.1) is 0 Å². The van der Waals surface area contributed by atoms with Gasteiger partial charge in [-0.1, -0.05) is 17.7 Å². The summed E-state index contributed by atoms with van der Waals surface area (Å²) >= 11 is 0. The van der Waals surface area contributed by atoms with Crippen molar-refractivity contribution in [3.05, 3.63) is 47.5 Å². The number of rotatable bonds is 4. The van der Waals surface area contributed by atoms with Gasteiger partial charge in [0.25, 0.3) is 0 Å². The van der Waals surface area contributed by atoms with E-state index in [1.54, 1.807) is 0 Å². The zero-order valence-corrected chi connectivity index (χ0v) is 13.7. The molecule has 0 atom stereocenters. The van der Waals surface area contributed by atoms with Gasteiger partial charge in [0, 0.05) is 6.54 Å². The number of aryl methyl sites for hydroxylation is 3. The maximum absolute atomic E-state index is 3.17. The molecule has 0 saturated carbocycles. The molecule has 0 fully saturated rings. The van der Waals surface area contributed by atoms with Gasteiger partial charge >= 0.3 is 0 Å². The minimum atomic E-state index is 0. The molecule has 0 aliphatic rings. The molecule has 1 aromatic heterocycles. The van der Waals surface area contributed by atoms with Crippen molar-refractivity contribution < 1.29 is 21.5 Å². The number of hydrogen-bond donors (Lipinski definition) is 1. The number of halogens is 1. The van der Waals surface area contributed by atoms with E-state index in [1.807, 2.05) is 7.05 Å². The second-order valence-electron chi connectivity index (χ2n) is 4.91. The highest BCUT2D eigenvalue weighted by atomic mass is 79.9. The Morgan fingerprint density at radius 3 is 2.37 bits per heavy atom. The van der Waals surface area contributed by atoms with Crippen LogP contribution in [0.5, 0.6) is 0 Å². The monoisotopic (exact) mass is 323 g/mol. The van der Waals surface area contributed by atoms with E-state index >= 15 is 0 Å². The van der Waals surface area contributed by atoms with Crippen molar-refractivity contribution in [2.75, 3.05) is 13.6 Å². The van der Waals surface area contributed by atoms with Crippen LogP contribution < -0.4 is 26.9 Å². The molecule has 0 unspecified atom stereocenters. The van der Waals surface area contributed by atoms with Crippen LogP contribution in [0.25, 0.3) is 5.69 Å². The Kier molecular flexibility index (Phi) is 5.76. The number of hydrogen-bond acceptors (Lipinski definition) is 1. The lowest BCUT2D eigenvalue weighted by Crippen LogP contribution is -3.00. The lowest BCUT2D eigenvalue weighted by molar-refractivity contribution is -0.694. The smallest absolute Gasteiger partial charge is 0.249 e. The molecule has 2 rings (SSSR count). The number of nitrogens with one attached hydrogen (secondary N) is 1. The van der Waals surface area contributed by atoms with Crippen LogP contribution in [0.1, 0.15) is 16.7 Å². The first kappa shape index (κ1) is 15.9. The summed E-state index contributed by atoms with van der Waals surface area (Å²) in [4.78, 5) is 0. The van der Waals surface area contributed by atoms with Crippen LogP contribution >= 0.6 is 0 Å². The maximum Gasteiger partial charge on any atom is 0.249 e. The van der Waals surface area contributed by atoms with E-state index in [9.17, 15) is 0 Å². The normalized spacial score (nSPS) is 10.3. The van der Waals surface area contributed by atoms with Gasteiger partial charge in [0.15, 0.2) is 0 Å². The molecule has 0 bridgehead atoms. The zero-order chi connectivity index (χ0) is 13.1. The molecule has 0 amide bonds. The van der Waals surface area contributed by atoms with E-state index in [0.717, 1.165) is 13.1 Å². The molecule has 0 aliphatic heterocycles. The molecule has 0 spiro atoms. The van der Waals surface area contributed by atoms with Crippen LogP contribution in [0.2, 0.25) is 0 Å². The van der Waals surface area contributed by atoms with Crippen molar-refractivity contribution >= 4 is 0 Å². The van der Waals surface area contributed by atoms with Crippen molar-refractivity contribution in [2.24, 2.45) is 0 Å². The molecular weight excluding hydrogens is 302 g/mol. The number of nitrogens with zero attached hydrogens (tertiary/aromatic N) is 2. The van der Waals surface area contributed by atoms with Gasteiger partial charge in [-0.3, -0.25) is 0 Å². The average Bonchev–Trinajstić information content (AvgIpc) is 2.73. The third-order valence-electron chi connectivity index (χ3n) is 3.21. The van der Waals surface area contributed by atoms with E-state index in [2.05, 4.69) is 66.1 Å². The summed E-state index contributed by atoms with van der Waals surface area (Å²) in [5.74, 6) is 0. The second-order valence-corrected chi connectivity index (χ2v) is 4.91. The Morgan fingerprint density at radius 1 is 1.16 bits per heavy atom. The standard InChI is InChI=1S/C15H22N3.BrH/c1-12-9-13(2)15(14(3)10-12)18-8-7-17(11-18)6-5-16-4;/h7-11,16H,5-6H2,1-4H3;1H/q+1;/p-1. The van der Waals surface area contributed by atoms with Crippen molar-refractivity contribution in [1.29, 1.82) is 0 Å². The summed E-state index contributed by atoms with van der Waals surface area (Å²) in [5, 5.41) is 3.17. The number of likely N-dealkylation sites (N-methyl/N-ethyl adjacent to an activating group) is 1. The second kappa shape index (κ2) is 6.87. The van der Waals surface area contributed by atoms with E-state index in [-0.39, 0.29) is 17.0 Å². The quantitative estimate of drug-likeness (QED) is 0.710. The average molecular weight is 324 g/mol.